The maximum atomic E-state index is 11.3. The smallest absolute Gasteiger partial charge is 0.244 e. The zero-order chi connectivity index (χ0) is 13.0. The zero-order valence-electron chi connectivity index (χ0n) is 10.2. The predicted octanol–water partition coefficient (Wildman–Crippen LogP) is 0.242. The Bertz CT molecular complexity index is 442. The number of carbonyl (C=O) groups is 2. The molecule has 1 heterocycles. The molecule has 1 fully saturated rings. The van der Waals surface area contributed by atoms with Gasteiger partial charge in [-0.2, -0.15) is 0 Å². The van der Waals surface area contributed by atoms with Gasteiger partial charge in [-0.1, -0.05) is 12.1 Å². The van der Waals surface area contributed by atoms with Gasteiger partial charge in [0.05, 0.1) is 19.6 Å². The summed E-state index contributed by atoms with van der Waals surface area (Å²) in [6.07, 6.45) is 1.05. The lowest BCUT2D eigenvalue weighted by atomic mass is 10.1. The van der Waals surface area contributed by atoms with Crippen LogP contribution in [-0.2, 0) is 16.0 Å². The Balaban J connectivity index is 1.78. The van der Waals surface area contributed by atoms with Gasteiger partial charge in [0.15, 0.2) is 0 Å². The lowest BCUT2D eigenvalue weighted by molar-refractivity contribution is -0.125. The number of carbonyl (C=O) groups excluding carboxylic acids is 2. The molecular weight excluding hydrogens is 232 g/mol. The Labute approximate surface area is 106 Å². The first-order valence-corrected chi connectivity index (χ1v) is 5.89. The van der Waals surface area contributed by atoms with Gasteiger partial charge in [0, 0.05) is 0 Å². The third-order valence-corrected chi connectivity index (χ3v) is 2.93. The Morgan fingerprint density at radius 2 is 2.06 bits per heavy atom. The van der Waals surface area contributed by atoms with E-state index in [2.05, 4.69) is 10.6 Å². The van der Waals surface area contributed by atoms with Crippen molar-refractivity contribution in [2.24, 2.45) is 0 Å². The predicted molar refractivity (Wildman–Crippen MR) is 66.3 cm³/mol. The minimum Gasteiger partial charge on any atom is -0.497 e. The average molecular weight is 248 g/mol. The van der Waals surface area contributed by atoms with Crippen LogP contribution in [0.15, 0.2) is 24.3 Å². The molecule has 1 aliphatic heterocycles. The summed E-state index contributed by atoms with van der Waals surface area (Å²) in [6, 6.07) is 7.40. The van der Waals surface area contributed by atoms with Crippen LogP contribution in [0.5, 0.6) is 5.75 Å². The van der Waals surface area contributed by atoms with Gasteiger partial charge in [0.25, 0.3) is 0 Å². The second kappa shape index (κ2) is 5.64. The summed E-state index contributed by atoms with van der Waals surface area (Å²) in [7, 11) is 1.63. The highest BCUT2D eigenvalue weighted by Crippen LogP contribution is 2.11. The number of benzene rings is 1. The first-order chi connectivity index (χ1) is 8.69. The summed E-state index contributed by atoms with van der Waals surface area (Å²) in [5, 5.41) is 5.35. The summed E-state index contributed by atoms with van der Waals surface area (Å²) in [4.78, 5) is 22.3. The maximum Gasteiger partial charge on any atom is 0.244 e. The number of imide groups is 1. The van der Waals surface area contributed by atoms with Gasteiger partial charge in [-0.25, -0.2) is 0 Å². The summed E-state index contributed by atoms with van der Waals surface area (Å²) < 4.78 is 5.07. The van der Waals surface area contributed by atoms with Crippen LogP contribution in [0, 0.1) is 0 Å². The van der Waals surface area contributed by atoms with Crippen molar-refractivity contribution in [1.82, 2.24) is 10.6 Å². The van der Waals surface area contributed by atoms with E-state index in [0.717, 1.165) is 17.7 Å². The summed E-state index contributed by atoms with van der Waals surface area (Å²) in [5.41, 5.74) is 1.16. The summed E-state index contributed by atoms with van der Waals surface area (Å²) in [6.45, 7) is 0.664. The lowest BCUT2D eigenvalue weighted by Crippen LogP contribution is -2.37. The van der Waals surface area contributed by atoms with E-state index in [-0.39, 0.29) is 24.3 Å². The molecule has 0 aliphatic carbocycles. The highest BCUT2D eigenvalue weighted by Gasteiger charge is 2.29. The van der Waals surface area contributed by atoms with E-state index in [9.17, 15) is 9.59 Å². The Kier molecular flexibility index (Phi) is 3.94. The van der Waals surface area contributed by atoms with Crippen molar-refractivity contribution in [3.8, 4) is 5.75 Å². The molecule has 1 unspecified atom stereocenters. The molecule has 0 bridgehead atoms. The largest absolute Gasteiger partial charge is 0.497 e. The lowest BCUT2D eigenvalue weighted by Gasteiger charge is -2.09. The van der Waals surface area contributed by atoms with Crippen molar-refractivity contribution >= 4 is 11.8 Å². The van der Waals surface area contributed by atoms with Crippen LogP contribution in [0.25, 0.3) is 0 Å². The Morgan fingerprint density at radius 1 is 1.33 bits per heavy atom. The van der Waals surface area contributed by atoms with Crippen LogP contribution in [-0.4, -0.2) is 31.5 Å². The molecular formula is C13H16N2O3. The molecule has 1 aromatic carbocycles. The van der Waals surface area contributed by atoms with E-state index < -0.39 is 0 Å². The average Bonchev–Trinajstić information content (AvgIpc) is 2.69. The molecule has 0 aromatic heterocycles. The fourth-order valence-corrected chi connectivity index (χ4v) is 1.90. The molecule has 1 aliphatic rings. The standard InChI is InChI=1S/C13H16N2O3/c1-18-10-4-2-9(3-5-10)6-7-14-11-8-12(16)15-13(11)17/h2-5,11,14H,6-8H2,1H3,(H,15,16,17). The summed E-state index contributed by atoms with van der Waals surface area (Å²) >= 11 is 0. The minimum absolute atomic E-state index is 0.207. The van der Waals surface area contributed by atoms with Crippen molar-refractivity contribution in [2.75, 3.05) is 13.7 Å². The van der Waals surface area contributed by atoms with E-state index in [1.165, 1.54) is 0 Å². The molecule has 1 aromatic rings. The second-order valence-electron chi connectivity index (χ2n) is 4.22. The molecule has 2 amide bonds. The number of rotatable bonds is 5. The van der Waals surface area contributed by atoms with E-state index in [1.807, 2.05) is 24.3 Å². The number of methoxy groups -OCH3 is 1. The van der Waals surface area contributed by atoms with Crippen molar-refractivity contribution in [3.05, 3.63) is 29.8 Å². The van der Waals surface area contributed by atoms with E-state index in [4.69, 9.17) is 4.74 Å². The molecule has 0 saturated carbocycles. The third kappa shape index (κ3) is 3.07. The van der Waals surface area contributed by atoms with Crippen LogP contribution in [0.2, 0.25) is 0 Å². The molecule has 5 nitrogen and oxygen atoms in total. The third-order valence-electron chi connectivity index (χ3n) is 2.93. The number of nitrogens with one attached hydrogen (secondary N) is 2. The Morgan fingerprint density at radius 3 is 2.61 bits per heavy atom. The van der Waals surface area contributed by atoms with Gasteiger partial charge >= 0.3 is 0 Å². The monoisotopic (exact) mass is 248 g/mol. The molecule has 0 spiro atoms. The molecule has 2 N–H and O–H groups in total. The van der Waals surface area contributed by atoms with Crippen molar-refractivity contribution in [3.63, 3.8) is 0 Å². The molecule has 5 heteroatoms. The van der Waals surface area contributed by atoms with Crippen molar-refractivity contribution in [1.29, 1.82) is 0 Å². The van der Waals surface area contributed by atoms with Crippen LogP contribution in [0.3, 0.4) is 0 Å². The zero-order valence-corrected chi connectivity index (χ0v) is 10.2. The van der Waals surface area contributed by atoms with Crippen LogP contribution >= 0.6 is 0 Å². The van der Waals surface area contributed by atoms with E-state index in [1.54, 1.807) is 7.11 Å². The number of amides is 2. The quantitative estimate of drug-likeness (QED) is 0.733. The fourth-order valence-electron chi connectivity index (χ4n) is 1.90. The van der Waals surface area contributed by atoms with E-state index in [0.29, 0.717) is 6.54 Å². The molecule has 1 atom stereocenters. The van der Waals surface area contributed by atoms with E-state index >= 15 is 0 Å². The molecule has 96 valence electrons. The first kappa shape index (κ1) is 12.6. The number of hydrogen-bond acceptors (Lipinski definition) is 4. The molecule has 2 rings (SSSR count). The Hall–Kier alpha value is -1.88. The van der Waals surface area contributed by atoms with Crippen LogP contribution in [0.4, 0.5) is 0 Å². The highest BCUT2D eigenvalue weighted by atomic mass is 16.5. The topological polar surface area (TPSA) is 67.4 Å². The van der Waals surface area contributed by atoms with Crippen LogP contribution in [0.1, 0.15) is 12.0 Å². The first-order valence-electron chi connectivity index (χ1n) is 5.89. The van der Waals surface area contributed by atoms with Gasteiger partial charge in [-0.3, -0.25) is 14.9 Å². The van der Waals surface area contributed by atoms with Gasteiger partial charge in [0.2, 0.25) is 11.8 Å². The molecule has 0 radical (unpaired) electrons. The molecule has 18 heavy (non-hydrogen) atoms. The number of hydrogen-bond donors (Lipinski definition) is 2. The number of ether oxygens (including phenoxy) is 1. The second-order valence-corrected chi connectivity index (χ2v) is 4.22. The highest BCUT2D eigenvalue weighted by molar-refractivity contribution is 6.05. The summed E-state index contributed by atoms with van der Waals surface area (Å²) in [5.74, 6) is 0.393. The van der Waals surface area contributed by atoms with Crippen LogP contribution < -0.4 is 15.4 Å². The van der Waals surface area contributed by atoms with Gasteiger partial charge < -0.3 is 10.1 Å². The fraction of sp³-hybridized carbons (Fsp3) is 0.385. The SMILES string of the molecule is COc1ccc(CCNC2CC(=O)NC2=O)cc1. The maximum absolute atomic E-state index is 11.3. The van der Waals surface area contributed by atoms with Gasteiger partial charge in [-0.15, -0.1) is 0 Å². The minimum atomic E-state index is -0.379. The van der Waals surface area contributed by atoms with Crippen molar-refractivity contribution < 1.29 is 14.3 Å². The van der Waals surface area contributed by atoms with Gasteiger partial charge in [-0.05, 0) is 30.7 Å². The van der Waals surface area contributed by atoms with Gasteiger partial charge in [0.1, 0.15) is 5.75 Å². The molecule has 1 saturated heterocycles. The van der Waals surface area contributed by atoms with Crippen molar-refractivity contribution in [2.45, 2.75) is 18.9 Å². The normalized spacial score (nSPS) is 18.8.